The Hall–Kier alpha value is -4.64. The number of allylic oxidation sites excluding steroid dienone is 4. The van der Waals surface area contributed by atoms with E-state index in [1.807, 2.05) is 0 Å². The van der Waals surface area contributed by atoms with Crippen LogP contribution in [0.4, 0.5) is 11.4 Å². The number of benzene rings is 6. The average Bonchev–Trinajstić information content (AvgIpc) is 4.08. The molecule has 0 N–H and O–H groups in total. The van der Waals surface area contributed by atoms with E-state index in [1.165, 1.54) is 59.4 Å². The van der Waals surface area contributed by atoms with Gasteiger partial charge in [-0.05, 0) is 0 Å². The molecule has 6 aromatic carbocycles. The molecule has 10 rings (SSSR count). The van der Waals surface area contributed by atoms with E-state index in [4.69, 9.17) is 4.26 Å². The standard InChI is InChI=1S/C15H16N2.4C9H7.CH2.2Hf/c1-16(14-9-5-3-6-10-14)13-17(2)15-11-7-4-8-12-15;4*1-2-5-9-7-3-6-8(9)4-1;;;/h3-12H,1-2H3;4*1-7H;1H2;;. The number of hydrogen-bond donors (Lipinski definition) is 0. The molecule has 2 nitrogen and oxygen atoms in total. The zero-order valence-electron chi connectivity index (χ0n) is 32.0. The second-order valence-electron chi connectivity index (χ2n) is 15.0. The quantitative estimate of drug-likeness (QED) is 0.140. The molecule has 0 saturated carbocycles. The number of fused-ring (bicyclic) bond motifs is 4. The second kappa shape index (κ2) is 16.5. The molecule has 0 spiro atoms. The minimum atomic E-state index is -2.85. The van der Waals surface area contributed by atoms with Gasteiger partial charge in [-0.2, -0.15) is 0 Å². The van der Waals surface area contributed by atoms with Crippen molar-refractivity contribution in [3.8, 4) is 0 Å². The first-order chi connectivity index (χ1) is 27.6. The third-order valence-electron chi connectivity index (χ3n) is 11.8. The first-order valence-corrected chi connectivity index (χ1v) is 32.3. The van der Waals surface area contributed by atoms with E-state index in [-0.39, 0.29) is 0 Å². The van der Waals surface area contributed by atoms with Crippen LogP contribution in [0.1, 0.15) is 59.2 Å². The molecule has 0 bridgehead atoms. The van der Waals surface area contributed by atoms with Crippen LogP contribution in [0.25, 0.3) is 24.3 Å². The minimum absolute atomic E-state index is 0.472. The maximum atomic E-state index is 4.71. The Morgan fingerprint density at radius 2 is 0.679 bits per heavy atom. The fraction of sp³-hybridized carbons (Fsp3) is 0.115. The summed E-state index contributed by atoms with van der Waals surface area (Å²) in [5.74, 6) is 0. The van der Waals surface area contributed by atoms with E-state index >= 15 is 0 Å². The van der Waals surface area contributed by atoms with Crippen molar-refractivity contribution in [3.63, 3.8) is 0 Å². The zero-order chi connectivity index (χ0) is 38.0. The first-order valence-electron chi connectivity index (χ1n) is 19.7. The molecule has 272 valence electrons. The summed E-state index contributed by atoms with van der Waals surface area (Å²) in [7, 11) is 4.54. The van der Waals surface area contributed by atoms with Gasteiger partial charge in [0.1, 0.15) is 0 Å². The van der Waals surface area contributed by atoms with Crippen LogP contribution in [-0.4, -0.2) is 21.9 Å². The van der Waals surface area contributed by atoms with Gasteiger partial charge in [0.2, 0.25) is 0 Å². The van der Waals surface area contributed by atoms with Gasteiger partial charge in [0.05, 0.1) is 0 Å². The van der Waals surface area contributed by atoms with E-state index in [1.54, 1.807) is 0 Å². The number of hydrogen-bond acceptors (Lipinski definition) is 2. The van der Waals surface area contributed by atoms with E-state index in [9.17, 15) is 0 Å². The van der Waals surface area contributed by atoms with Gasteiger partial charge < -0.3 is 0 Å². The molecule has 4 atom stereocenters. The molecule has 0 amide bonds. The van der Waals surface area contributed by atoms with Crippen molar-refractivity contribution in [1.82, 2.24) is 0 Å². The molecule has 0 fully saturated rings. The molecule has 4 unspecified atom stereocenters. The third kappa shape index (κ3) is 7.12. The summed E-state index contributed by atoms with van der Waals surface area (Å²) in [6.45, 7) is 0. The SMILES string of the molecule is CN([C](N(C)c1ccccc1)=[Hf]([CH]1C=Cc2ccccc21)[CH]1C=Cc2ccccc21)c1ccccc1.[CH2]=[Hf]([CH]1C=Cc2ccccc21)[CH]1C=Cc2ccccc21. The fourth-order valence-corrected chi connectivity index (χ4v) is 31.2. The molecular formula is C52H46Hf2N2. The fourth-order valence-electron chi connectivity index (χ4n) is 9.01. The summed E-state index contributed by atoms with van der Waals surface area (Å²) in [5, 5.41) is 0. The second-order valence-corrected chi connectivity index (χ2v) is 33.0. The summed E-state index contributed by atoms with van der Waals surface area (Å²) in [6.07, 6.45) is 19.2. The van der Waals surface area contributed by atoms with E-state index in [0.717, 1.165) is 0 Å². The van der Waals surface area contributed by atoms with Crippen molar-refractivity contribution >= 4 is 43.4 Å². The Morgan fingerprint density at radius 3 is 1.04 bits per heavy atom. The van der Waals surface area contributed by atoms with E-state index < -0.39 is 41.9 Å². The van der Waals surface area contributed by atoms with Crippen LogP contribution in [0.2, 0.25) is 0 Å². The molecule has 4 heteroatoms. The van der Waals surface area contributed by atoms with Gasteiger partial charge >= 0.3 is 350 Å². The molecule has 0 saturated heterocycles. The van der Waals surface area contributed by atoms with Crippen molar-refractivity contribution in [2.45, 2.75) is 14.7 Å². The molecule has 4 aliphatic carbocycles. The average molecular weight is 1060 g/mol. The predicted molar refractivity (Wildman–Crippen MR) is 235 cm³/mol. The third-order valence-corrected chi connectivity index (χ3v) is 33.9. The zero-order valence-corrected chi connectivity index (χ0v) is 39.2. The Kier molecular flexibility index (Phi) is 10.9. The van der Waals surface area contributed by atoms with E-state index in [0.29, 0.717) is 14.7 Å². The molecule has 6 aromatic rings. The van der Waals surface area contributed by atoms with Gasteiger partial charge in [-0.3, -0.25) is 0 Å². The van der Waals surface area contributed by atoms with Crippen LogP contribution in [0.3, 0.4) is 0 Å². The summed E-state index contributed by atoms with van der Waals surface area (Å²) >= 11 is -4.88. The van der Waals surface area contributed by atoms with Crippen molar-refractivity contribution in [2.24, 2.45) is 0 Å². The molecule has 0 aliphatic heterocycles. The molecule has 0 radical (unpaired) electrons. The number of rotatable bonds is 8. The Bertz CT molecular complexity index is 2390. The maximum absolute atomic E-state index is 4.71. The Morgan fingerprint density at radius 1 is 0.393 bits per heavy atom. The number of nitrogens with zero attached hydrogens (tertiary/aromatic N) is 2. The normalized spacial score (nSPS) is 18.7. The van der Waals surface area contributed by atoms with Crippen molar-refractivity contribution in [3.05, 3.63) is 227 Å². The summed E-state index contributed by atoms with van der Waals surface area (Å²) in [4.78, 5) is 4.97. The van der Waals surface area contributed by atoms with Gasteiger partial charge in [-0.25, -0.2) is 0 Å². The number of para-hydroxylation sites is 2. The van der Waals surface area contributed by atoms with E-state index in [2.05, 4.69) is 230 Å². The van der Waals surface area contributed by atoms with Gasteiger partial charge in [-0.15, -0.1) is 0 Å². The Labute approximate surface area is 347 Å². The van der Waals surface area contributed by atoms with Crippen molar-refractivity contribution < 1.29 is 41.9 Å². The topological polar surface area (TPSA) is 6.48 Å². The van der Waals surface area contributed by atoms with Crippen LogP contribution >= 0.6 is 0 Å². The van der Waals surface area contributed by atoms with Gasteiger partial charge in [0.15, 0.2) is 0 Å². The molecule has 0 heterocycles. The van der Waals surface area contributed by atoms with Crippen molar-refractivity contribution in [2.75, 3.05) is 23.9 Å². The first kappa shape index (κ1) is 37.0. The van der Waals surface area contributed by atoms with Crippen LogP contribution in [-0.2, 0) is 41.9 Å². The summed E-state index contributed by atoms with van der Waals surface area (Å²) < 4.78 is 8.42. The number of anilines is 2. The molecule has 4 aliphatic rings. The predicted octanol–water partition coefficient (Wildman–Crippen LogP) is 12.1. The molecule has 0 aromatic heterocycles. The van der Waals surface area contributed by atoms with Crippen LogP contribution in [0.5, 0.6) is 0 Å². The monoisotopic (exact) mass is 1060 g/mol. The van der Waals surface area contributed by atoms with Crippen molar-refractivity contribution in [1.29, 1.82) is 0 Å². The van der Waals surface area contributed by atoms with Gasteiger partial charge in [0, 0.05) is 0 Å². The van der Waals surface area contributed by atoms with Crippen LogP contribution < -0.4 is 9.80 Å². The Balaban J connectivity index is 0.000000172. The summed E-state index contributed by atoms with van der Waals surface area (Å²) in [5.41, 5.74) is 14.1. The molecular weight excluding hydrogens is 1010 g/mol. The van der Waals surface area contributed by atoms with Crippen LogP contribution in [0.15, 0.2) is 182 Å². The van der Waals surface area contributed by atoms with Gasteiger partial charge in [0.25, 0.3) is 0 Å². The summed E-state index contributed by atoms with van der Waals surface area (Å²) in [6, 6.07) is 57.4. The van der Waals surface area contributed by atoms with Gasteiger partial charge in [-0.1, -0.05) is 0 Å². The van der Waals surface area contributed by atoms with Crippen LogP contribution in [0, 0.1) is 0 Å². The molecule has 56 heavy (non-hydrogen) atoms.